The first-order valence-corrected chi connectivity index (χ1v) is 7.50. The third-order valence-corrected chi connectivity index (χ3v) is 3.56. The molecule has 0 aliphatic rings. The Bertz CT molecular complexity index is 826. The Labute approximate surface area is 134 Å². The number of anilines is 1. The molecule has 1 aromatic heterocycles. The van der Waals surface area contributed by atoms with Crippen LogP contribution >= 0.6 is 0 Å². The highest BCUT2D eigenvalue weighted by Gasteiger charge is 2.06. The Morgan fingerprint density at radius 2 is 1.70 bits per heavy atom. The molecule has 23 heavy (non-hydrogen) atoms. The van der Waals surface area contributed by atoms with Crippen molar-refractivity contribution in [3.8, 4) is 0 Å². The van der Waals surface area contributed by atoms with E-state index in [0.717, 1.165) is 11.1 Å². The van der Waals surface area contributed by atoms with Crippen molar-refractivity contribution >= 4 is 5.95 Å². The van der Waals surface area contributed by atoms with Crippen LogP contribution in [-0.2, 0) is 13.0 Å². The van der Waals surface area contributed by atoms with Gasteiger partial charge in [0.1, 0.15) is 5.69 Å². The third-order valence-electron chi connectivity index (χ3n) is 3.56. The second kappa shape index (κ2) is 6.87. The van der Waals surface area contributed by atoms with Gasteiger partial charge < -0.3 is 5.32 Å². The summed E-state index contributed by atoms with van der Waals surface area (Å²) in [7, 11) is 0. The minimum Gasteiger partial charge on any atom is -0.350 e. The molecule has 0 saturated heterocycles. The van der Waals surface area contributed by atoms with Gasteiger partial charge in [0.25, 0.3) is 5.56 Å². The molecular formula is C18H18N4O. The lowest BCUT2D eigenvalue weighted by atomic mass is 10.1. The highest BCUT2D eigenvalue weighted by molar-refractivity contribution is 5.28. The Morgan fingerprint density at radius 1 is 0.957 bits per heavy atom. The van der Waals surface area contributed by atoms with E-state index < -0.39 is 0 Å². The van der Waals surface area contributed by atoms with Gasteiger partial charge in [-0.15, -0.1) is 10.2 Å². The molecular weight excluding hydrogens is 288 g/mol. The quantitative estimate of drug-likeness (QED) is 0.760. The molecule has 0 aliphatic heterocycles. The number of hydrogen-bond donors (Lipinski definition) is 2. The SMILES string of the molecule is Cc1ccc(CNc2nnc(Cc3ccccc3)c(=O)[nH]2)cc1. The molecule has 5 heteroatoms. The van der Waals surface area contributed by atoms with Gasteiger partial charge >= 0.3 is 0 Å². The molecule has 0 amide bonds. The van der Waals surface area contributed by atoms with E-state index in [0.29, 0.717) is 24.6 Å². The normalized spacial score (nSPS) is 10.5. The number of nitrogens with one attached hydrogen (secondary N) is 2. The highest BCUT2D eigenvalue weighted by Crippen LogP contribution is 2.06. The van der Waals surface area contributed by atoms with Crippen LogP contribution in [0, 0.1) is 6.92 Å². The Morgan fingerprint density at radius 3 is 2.39 bits per heavy atom. The van der Waals surface area contributed by atoms with Gasteiger partial charge in [0, 0.05) is 13.0 Å². The predicted octanol–water partition coefficient (Wildman–Crippen LogP) is 2.68. The number of H-pyrrole nitrogens is 1. The Balaban J connectivity index is 1.67. The molecule has 0 aliphatic carbocycles. The third kappa shape index (κ3) is 4.03. The van der Waals surface area contributed by atoms with Gasteiger partial charge in [0.05, 0.1) is 0 Å². The summed E-state index contributed by atoms with van der Waals surface area (Å²) in [6, 6.07) is 17.9. The topological polar surface area (TPSA) is 70.7 Å². The summed E-state index contributed by atoms with van der Waals surface area (Å²) >= 11 is 0. The summed E-state index contributed by atoms with van der Waals surface area (Å²) in [5, 5.41) is 11.2. The van der Waals surface area contributed by atoms with Gasteiger partial charge in [-0.25, -0.2) is 0 Å². The van der Waals surface area contributed by atoms with Gasteiger partial charge in [-0.1, -0.05) is 60.2 Å². The van der Waals surface area contributed by atoms with Crippen LogP contribution < -0.4 is 10.9 Å². The molecule has 0 radical (unpaired) electrons. The van der Waals surface area contributed by atoms with E-state index in [1.807, 2.05) is 61.5 Å². The van der Waals surface area contributed by atoms with Gasteiger partial charge in [-0.05, 0) is 18.1 Å². The second-order valence-corrected chi connectivity index (χ2v) is 5.45. The van der Waals surface area contributed by atoms with E-state index in [2.05, 4.69) is 20.5 Å². The maximum atomic E-state index is 12.1. The van der Waals surface area contributed by atoms with Crippen LogP contribution in [-0.4, -0.2) is 15.2 Å². The van der Waals surface area contributed by atoms with E-state index in [9.17, 15) is 4.79 Å². The van der Waals surface area contributed by atoms with E-state index in [1.165, 1.54) is 5.56 Å². The molecule has 116 valence electrons. The monoisotopic (exact) mass is 306 g/mol. The zero-order chi connectivity index (χ0) is 16.1. The molecule has 1 heterocycles. The van der Waals surface area contributed by atoms with Crippen molar-refractivity contribution in [2.75, 3.05) is 5.32 Å². The lowest BCUT2D eigenvalue weighted by Gasteiger charge is -2.06. The first-order valence-electron chi connectivity index (χ1n) is 7.50. The van der Waals surface area contributed by atoms with Crippen LogP contribution in [0.25, 0.3) is 0 Å². The second-order valence-electron chi connectivity index (χ2n) is 5.45. The number of aryl methyl sites for hydroxylation is 1. The molecule has 3 aromatic rings. The van der Waals surface area contributed by atoms with Gasteiger partial charge in [-0.2, -0.15) is 0 Å². The van der Waals surface area contributed by atoms with Crippen molar-refractivity contribution in [3.63, 3.8) is 0 Å². The summed E-state index contributed by atoms with van der Waals surface area (Å²) in [5.41, 5.74) is 3.57. The summed E-state index contributed by atoms with van der Waals surface area (Å²) in [4.78, 5) is 14.8. The first-order chi connectivity index (χ1) is 11.2. The molecule has 0 bridgehead atoms. The molecule has 2 aromatic carbocycles. The van der Waals surface area contributed by atoms with Gasteiger partial charge in [-0.3, -0.25) is 9.78 Å². The first kappa shape index (κ1) is 15.0. The average Bonchev–Trinajstić information content (AvgIpc) is 2.57. The molecule has 3 rings (SSSR count). The Hall–Kier alpha value is -2.95. The maximum Gasteiger partial charge on any atom is 0.274 e. The number of nitrogens with zero attached hydrogens (tertiary/aromatic N) is 2. The Kier molecular flexibility index (Phi) is 4.47. The zero-order valence-electron chi connectivity index (χ0n) is 12.9. The molecule has 0 unspecified atom stereocenters. The maximum absolute atomic E-state index is 12.1. The molecule has 0 saturated carbocycles. The van der Waals surface area contributed by atoms with Crippen LogP contribution in [0.3, 0.4) is 0 Å². The zero-order valence-corrected chi connectivity index (χ0v) is 12.9. The molecule has 0 fully saturated rings. The molecule has 5 nitrogen and oxygen atoms in total. The van der Waals surface area contributed by atoms with Crippen molar-refractivity contribution in [3.05, 3.63) is 87.3 Å². The van der Waals surface area contributed by atoms with Gasteiger partial charge in [0.15, 0.2) is 0 Å². The van der Waals surface area contributed by atoms with E-state index in [1.54, 1.807) is 0 Å². The minimum atomic E-state index is -0.213. The van der Waals surface area contributed by atoms with Crippen LogP contribution in [0.2, 0.25) is 0 Å². The van der Waals surface area contributed by atoms with E-state index in [4.69, 9.17) is 0 Å². The fourth-order valence-corrected chi connectivity index (χ4v) is 2.24. The van der Waals surface area contributed by atoms with Crippen LogP contribution in [0.1, 0.15) is 22.4 Å². The molecule has 2 N–H and O–H groups in total. The van der Waals surface area contributed by atoms with Gasteiger partial charge in [0.2, 0.25) is 5.95 Å². The van der Waals surface area contributed by atoms with Crippen LogP contribution in [0.15, 0.2) is 59.4 Å². The summed E-state index contributed by atoms with van der Waals surface area (Å²) < 4.78 is 0. The van der Waals surface area contributed by atoms with Crippen molar-refractivity contribution in [1.82, 2.24) is 15.2 Å². The molecule has 0 spiro atoms. The summed E-state index contributed by atoms with van der Waals surface area (Å²) in [5.74, 6) is 0.382. The lowest BCUT2D eigenvalue weighted by Crippen LogP contribution is -2.19. The fourth-order valence-electron chi connectivity index (χ4n) is 2.24. The minimum absolute atomic E-state index is 0.213. The lowest BCUT2D eigenvalue weighted by molar-refractivity contribution is 0.859. The van der Waals surface area contributed by atoms with Crippen molar-refractivity contribution < 1.29 is 0 Å². The number of rotatable bonds is 5. The van der Waals surface area contributed by atoms with Crippen LogP contribution in [0.5, 0.6) is 0 Å². The predicted molar refractivity (Wildman–Crippen MR) is 90.4 cm³/mol. The van der Waals surface area contributed by atoms with Crippen molar-refractivity contribution in [2.24, 2.45) is 0 Å². The van der Waals surface area contributed by atoms with Crippen molar-refractivity contribution in [1.29, 1.82) is 0 Å². The van der Waals surface area contributed by atoms with Crippen LogP contribution in [0.4, 0.5) is 5.95 Å². The largest absolute Gasteiger partial charge is 0.350 e. The standard InChI is InChI=1S/C18H18N4O/c1-13-7-9-15(10-8-13)12-19-18-20-17(23)16(21-22-18)11-14-5-3-2-4-6-14/h2-10H,11-12H2,1H3,(H2,19,20,22,23). The van der Waals surface area contributed by atoms with E-state index in [-0.39, 0.29) is 5.56 Å². The average molecular weight is 306 g/mol. The summed E-state index contributed by atoms with van der Waals surface area (Å²) in [6.07, 6.45) is 0.474. The fraction of sp³-hybridized carbons (Fsp3) is 0.167. The smallest absolute Gasteiger partial charge is 0.274 e. The van der Waals surface area contributed by atoms with E-state index >= 15 is 0 Å². The number of aromatic amines is 1. The molecule has 0 atom stereocenters. The number of benzene rings is 2. The number of hydrogen-bond acceptors (Lipinski definition) is 4. The highest BCUT2D eigenvalue weighted by atomic mass is 16.1. The van der Waals surface area contributed by atoms with Crippen molar-refractivity contribution in [2.45, 2.75) is 19.9 Å². The number of aromatic nitrogens is 3. The summed E-state index contributed by atoms with van der Waals surface area (Å²) in [6.45, 7) is 2.63.